The first kappa shape index (κ1) is 20.6. The van der Waals surface area contributed by atoms with Crippen molar-refractivity contribution in [3.05, 3.63) is 95.8 Å². The molecule has 4 nitrogen and oxygen atoms in total. The van der Waals surface area contributed by atoms with Crippen LogP contribution in [0.25, 0.3) is 21.9 Å². The Morgan fingerprint density at radius 3 is 2.42 bits per heavy atom. The molecule has 0 aliphatic rings. The lowest BCUT2D eigenvalue weighted by molar-refractivity contribution is 0.252. The maximum atomic E-state index is 12.4. The van der Waals surface area contributed by atoms with Crippen LogP contribution in [0.15, 0.2) is 79.1 Å². The number of aromatic nitrogens is 1. The van der Waals surface area contributed by atoms with Gasteiger partial charge in [-0.05, 0) is 64.2 Å². The molecule has 4 rings (SSSR count). The first-order valence-electron chi connectivity index (χ1n) is 10.6. The molecular weight excluding hydrogens is 382 g/mol. The summed E-state index contributed by atoms with van der Waals surface area (Å²) in [5, 5.41) is 8.05. The van der Waals surface area contributed by atoms with Crippen LogP contribution in [0.2, 0.25) is 0 Å². The second-order valence-corrected chi connectivity index (χ2v) is 8.09. The third kappa shape index (κ3) is 4.58. The second-order valence-electron chi connectivity index (χ2n) is 8.09. The van der Waals surface area contributed by atoms with Gasteiger partial charge in [0, 0.05) is 30.0 Å². The first-order chi connectivity index (χ1) is 15.0. The fraction of sp³-hybridized carbons (Fsp3) is 0.185. The monoisotopic (exact) mass is 409 g/mol. The molecule has 0 aliphatic heterocycles. The van der Waals surface area contributed by atoms with Gasteiger partial charge >= 0.3 is 6.03 Å². The fourth-order valence-corrected chi connectivity index (χ4v) is 3.81. The van der Waals surface area contributed by atoms with Gasteiger partial charge in [-0.3, -0.25) is 4.98 Å². The van der Waals surface area contributed by atoms with Gasteiger partial charge in [0.1, 0.15) is 0 Å². The van der Waals surface area contributed by atoms with Gasteiger partial charge in [0.05, 0.1) is 0 Å². The highest BCUT2D eigenvalue weighted by atomic mass is 16.2. The second kappa shape index (κ2) is 9.00. The molecule has 2 N–H and O–H groups in total. The number of pyridine rings is 1. The Kier molecular flexibility index (Phi) is 5.99. The molecule has 31 heavy (non-hydrogen) atoms. The molecule has 0 aliphatic carbocycles. The number of benzene rings is 3. The molecule has 1 aromatic heterocycles. The molecule has 1 heterocycles. The van der Waals surface area contributed by atoms with Crippen LogP contribution in [0, 0.1) is 6.92 Å². The summed E-state index contributed by atoms with van der Waals surface area (Å²) in [5.41, 5.74) is 6.68. The quantitative estimate of drug-likeness (QED) is 0.387. The van der Waals surface area contributed by atoms with Gasteiger partial charge < -0.3 is 10.6 Å². The smallest absolute Gasteiger partial charge is 0.319 e. The van der Waals surface area contributed by atoms with E-state index in [-0.39, 0.29) is 6.03 Å². The van der Waals surface area contributed by atoms with Crippen molar-refractivity contribution < 1.29 is 4.79 Å². The van der Waals surface area contributed by atoms with Crippen molar-refractivity contribution in [3.63, 3.8) is 0 Å². The Balaban J connectivity index is 1.52. The molecule has 0 fully saturated rings. The average Bonchev–Trinajstić information content (AvgIpc) is 2.78. The van der Waals surface area contributed by atoms with Crippen LogP contribution < -0.4 is 10.6 Å². The lowest BCUT2D eigenvalue weighted by Gasteiger charge is -2.14. The average molecular weight is 410 g/mol. The lowest BCUT2D eigenvalue weighted by atomic mass is 9.94. The van der Waals surface area contributed by atoms with Crippen LogP contribution in [0.4, 0.5) is 10.5 Å². The van der Waals surface area contributed by atoms with Gasteiger partial charge in [0.25, 0.3) is 0 Å². The molecular formula is C27H27N3O. The number of amides is 2. The molecule has 0 spiro atoms. The van der Waals surface area contributed by atoms with Crippen LogP contribution in [-0.2, 0) is 6.54 Å². The van der Waals surface area contributed by atoms with E-state index in [0.717, 1.165) is 22.0 Å². The highest BCUT2D eigenvalue weighted by Crippen LogP contribution is 2.32. The number of carbonyl (C=O) groups excluding carboxylic acids is 1. The van der Waals surface area contributed by atoms with Crippen molar-refractivity contribution in [2.24, 2.45) is 0 Å². The Hall–Kier alpha value is -3.66. The maximum absolute atomic E-state index is 12.4. The van der Waals surface area contributed by atoms with Crippen LogP contribution >= 0.6 is 0 Å². The zero-order valence-electron chi connectivity index (χ0n) is 18.1. The normalized spacial score (nSPS) is 11.0. The third-order valence-corrected chi connectivity index (χ3v) is 5.62. The Labute approximate surface area is 183 Å². The topological polar surface area (TPSA) is 54.0 Å². The number of rotatable bonds is 5. The number of hydrogen-bond acceptors (Lipinski definition) is 2. The van der Waals surface area contributed by atoms with E-state index in [1.807, 2.05) is 42.7 Å². The Bertz CT molecular complexity index is 1210. The minimum absolute atomic E-state index is 0.225. The highest BCUT2D eigenvalue weighted by molar-refractivity contribution is 5.99. The largest absolute Gasteiger partial charge is 0.334 e. The summed E-state index contributed by atoms with van der Waals surface area (Å²) >= 11 is 0. The summed E-state index contributed by atoms with van der Waals surface area (Å²) in [6, 6.07) is 22.3. The van der Waals surface area contributed by atoms with Crippen LogP contribution in [0.1, 0.15) is 36.5 Å². The SMILES string of the molecule is Cc1ccccc1-c1ccc(CNC(=O)Nc2ccc(C(C)C)cc2)c2cnccc12. The predicted molar refractivity (Wildman–Crippen MR) is 128 cm³/mol. The van der Waals surface area contributed by atoms with Crippen LogP contribution in [0.5, 0.6) is 0 Å². The molecule has 4 aromatic rings. The molecule has 0 unspecified atom stereocenters. The summed E-state index contributed by atoms with van der Waals surface area (Å²) in [5.74, 6) is 0.465. The van der Waals surface area contributed by atoms with Crippen molar-refractivity contribution in [3.8, 4) is 11.1 Å². The van der Waals surface area contributed by atoms with Crippen molar-refractivity contribution in [1.29, 1.82) is 0 Å². The van der Waals surface area contributed by atoms with Gasteiger partial charge in [-0.1, -0.05) is 62.4 Å². The molecule has 0 radical (unpaired) electrons. The number of anilines is 1. The number of aryl methyl sites for hydroxylation is 1. The van der Waals surface area contributed by atoms with E-state index in [9.17, 15) is 4.79 Å². The minimum Gasteiger partial charge on any atom is -0.334 e. The highest BCUT2D eigenvalue weighted by Gasteiger charge is 2.11. The van der Waals surface area contributed by atoms with Gasteiger partial charge in [-0.15, -0.1) is 0 Å². The molecule has 0 bridgehead atoms. The van der Waals surface area contributed by atoms with Crippen molar-refractivity contribution in [2.75, 3.05) is 5.32 Å². The van der Waals surface area contributed by atoms with E-state index in [2.05, 4.69) is 72.8 Å². The summed E-state index contributed by atoms with van der Waals surface area (Å²) in [6.45, 7) is 6.85. The summed E-state index contributed by atoms with van der Waals surface area (Å²) in [6.07, 6.45) is 3.69. The van der Waals surface area contributed by atoms with Crippen LogP contribution in [-0.4, -0.2) is 11.0 Å². The van der Waals surface area contributed by atoms with E-state index >= 15 is 0 Å². The Morgan fingerprint density at radius 1 is 0.903 bits per heavy atom. The van der Waals surface area contributed by atoms with Gasteiger partial charge in [0.2, 0.25) is 0 Å². The van der Waals surface area contributed by atoms with E-state index in [0.29, 0.717) is 12.5 Å². The zero-order chi connectivity index (χ0) is 21.8. The zero-order valence-corrected chi connectivity index (χ0v) is 18.1. The lowest BCUT2D eigenvalue weighted by Crippen LogP contribution is -2.28. The molecule has 3 aromatic carbocycles. The van der Waals surface area contributed by atoms with Gasteiger partial charge in [-0.25, -0.2) is 4.79 Å². The minimum atomic E-state index is -0.225. The van der Waals surface area contributed by atoms with E-state index in [1.54, 1.807) is 0 Å². The van der Waals surface area contributed by atoms with Crippen molar-refractivity contribution >= 4 is 22.5 Å². The molecule has 4 heteroatoms. The van der Waals surface area contributed by atoms with E-state index in [4.69, 9.17) is 0 Å². The van der Waals surface area contributed by atoms with E-state index in [1.165, 1.54) is 22.3 Å². The van der Waals surface area contributed by atoms with Gasteiger partial charge in [-0.2, -0.15) is 0 Å². The number of urea groups is 1. The van der Waals surface area contributed by atoms with Crippen molar-refractivity contribution in [2.45, 2.75) is 33.2 Å². The molecule has 0 saturated heterocycles. The summed E-state index contributed by atoms with van der Waals surface area (Å²) in [7, 11) is 0. The number of fused-ring (bicyclic) bond motifs is 1. The number of nitrogens with one attached hydrogen (secondary N) is 2. The summed E-state index contributed by atoms with van der Waals surface area (Å²) in [4.78, 5) is 16.8. The van der Waals surface area contributed by atoms with Gasteiger partial charge in [0.15, 0.2) is 0 Å². The molecule has 156 valence electrons. The van der Waals surface area contributed by atoms with Crippen molar-refractivity contribution in [1.82, 2.24) is 10.3 Å². The standard InChI is InChI=1S/C27H27N3O/c1-18(2)20-8-11-22(12-9-20)30-27(31)29-16-21-10-13-24(23-7-5-4-6-19(23)3)25-14-15-28-17-26(21)25/h4-15,17-18H,16H2,1-3H3,(H2,29,30,31). The number of hydrogen-bond donors (Lipinski definition) is 2. The van der Waals surface area contributed by atoms with E-state index < -0.39 is 0 Å². The maximum Gasteiger partial charge on any atom is 0.319 e. The predicted octanol–water partition coefficient (Wildman–Crippen LogP) is 6.66. The number of nitrogens with zero attached hydrogens (tertiary/aromatic N) is 1. The molecule has 2 amide bonds. The first-order valence-corrected chi connectivity index (χ1v) is 10.6. The molecule has 0 atom stereocenters. The Morgan fingerprint density at radius 2 is 1.68 bits per heavy atom. The fourth-order valence-electron chi connectivity index (χ4n) is 3.81. The summed E-state index contributed by atoms with van der Waals surface area (Å²) < 4.78 is 0. The number of carbonyl (C=O) groups is 1. The molecule has 0 saturated carbocycles. The third-order valence-electron chi connectivity index (χ3n) is 5.62. The van der Waals surface area contributed by atoms with Crippen LogP contribution in [0.3, 0.4) is 0 Å².